The molecule has 1 heterocycles. The number of hydrogen-bond acceptors (Lipinski definition) is 5. The second kappa shape index (κ2) is 10.4. The Hall–Kier alpha value is -2.42. The number of ether oxygens (including phenoxy) is 2. The Kier molecular flexibility index (Phi) is 8.19. The Bertz CT molecular complexity index is 819. The average Bonchev–Trinajstić information content (AvgIpc) is 3.14. The Morgan fingerprint density at radius 1 is 1.28 bits per heavy atom. The lowest BCUT2D eigenvalue weighted by Gasteiger charge is -2.15. The van der Waals surface area contributed by atoms with E-state index in [-0.39, 0.29) is 17.7 Å². The number of hydrogen-bond donors (Lipinski definition) is 2. The number of alkyl halides is 2. The van der Waals surface area contributed by atoms with Crippen LogP contribution in [-0.4, -0.2) is 38.3 Å². The number of nitrogens with zero attached hydrogens (tertiary/aromatic N) is 2. The number of aliphatic imine (C=N–C) groups is 1. The zero-order chi connectivity index (χ0) is 21.4. The molecule has 1 aromatic heterocycles. The zero-order valence-corrected chi connectivity index (χ0v) is 18.2. The number of rotatable bonds is 8. The molecule has 9 heteroatoms. The molecule has 2 rings (SSSR count). The summed E-state index contributed by atoms with van der Waals surface area (Å²) in [5, 5.41) is 9.47. The lowest BCUT2D eigenvalue weighted by molar-refractivity contribution is -0.0504. The van der Waals surface area contributed by atoms with Crippen LogP contribution in [0.4, 0.5) is 8.78 Å². The first-order chi connectivity index (χ1) is 13.7. The second-order valence-corrected chi connectivity index (χ2v) is 8.27. The first-order valence-electron chi connectivity index (χ1n) is 9.24. The van der Waals surface area contributed by atoms with E-state index in [1.165, 1.54) is 13.2 Å². The van der Waals surface area contributed by atoms with Crippen molar-refractivity contribution in [2.45, 2.75) is 45.8 Å². The fourth-order valence-corrected chi connectivity index (χ4v) is 3.51. The van der Waals surface area contributed by atoms with Crippen LogP contribution in [0.15, 0.2) is 28.6 Å². The van der Waals surface area contributed by atoms with Crippen LogP contribution in [0.5, 0.6) is 11.5 Å². The number of halogens is 2. The minimum Gasteiger partial charge on any atom is -0.497 e. The largest absolute Gasteiger partial charge is 0.497 e. The molecule has 29 heavy (non-hydrogen) atoms. The maximum Gasteiger partial charge on any atom is 0.387 e. The van der Waals surface area contributed by atoms with E-state index >= 15 is 0 Å². The highest BCUT2D eigenvalue weighted by molar-refractivity contribution is 7.09. The molecule has 0 aliphatic carbocycles. The number of nitrogens with one attached hydrogen (secondary N) is 2. The molecule has 0 bridgehead atoms. The molecule has 0 saturated carbocycles. The topological polar surface area (TPSA) is 67.8 Å². The van der Waals surface area contributed by atoms with Crippen LogP contribution in [0.1, 0.15) is 37.0 Å². The van der Waals surface area contributed by atoms with Crippen molar-refractivity contribution in [3.63, 3.8) is 0 Å². The van der Waals surface area contributed by atoms with Crippen LogP contribution >= 0.6 is 11.3 Å². The summed E-state index contributed by atoms with van der Waals surface area (Å²) in [6, 6.07) is 4.70. The third-order valence-electron chi connectivity index (χ3n) is 4.11. The predicted octanol–water partition coefficient (Wildman–Crippen LogP) is 3.96. The van der Waals surface area contributed by atoms with Gasteiger partial charge in [-0.05, 0) is 18.2 Å². The highest BCUT2D eigenvalue weighted by atomic mass is 32.1. The molecule has 0 fully saturated rings. The van der Waals surface area contributed by atoms with Gasteiger partial charge in [0.2, 0.25) is 0 Å². The molecule has 0 aliphatic rings. The van der Waals surface area contributed by atoms with Crippen molar-refractivity contribution >= 4 is 17.3 Å². The summed E-state index contributed by atoms with van der Waals surface area (Å²) in [7, 11) is 3.17. The minimum absolute atomic E-state index is 0.0362. The molecular weight excluding hydrogens is 398 g/mol. The van der Waals surface area contributed by atoms with Crippen LogP contribution in [0, 0.1) is 0 Å². The lowest BCUT2D eigenvalue weighted by atomic mass is 9.93. The van der Waals surface area contributed by atoms with Crippen molar-refractivity contribution in [2.75, 3.05) is 20.7 Å². The van der Waals surface area contributed by atoms with E-state index in [4.69, 9.17) is 4.74 Å². The molecule has 0 spiro atoms. The van der Waals surface area contributed by atoms with Gasteiger partial charge < -0.3 is 20.1 Å². The van der Waals surface area contributed by atoms with Crippen LogP contribution in [-0.2, 0) is 18.4 Å². The smallest absolute Gasteiger partial charge is 0.387 e. The van der Waals surface area contributed by atoms with Crippen molar-refractivity contribution in [2.24, 2.45) is 4.99 Å². The van der Waals surface area contributed by atoms with E-state index in [0.29, 0.717) is 23.8 Å². The van der Waals surface area contributed by atoms with E-state index in [1.807, 2.05) is 0 Å². The summed E-state index contributed by atoms with van der Waals surface area (Å²) in [5.74, 6) is 1.22. The van der Waals surface area contributed by atoms with Crippen LogP contribution in [0.25, 0.3) is 0 Å². The van der Waals surface area contributed by atoms with Crippen molar-refractivity contribution in [3.05, 3.63) is 39.8 Å². The summed E-state index contributed by atoms with van der Waals surface area (Å²) in [6.07, 6.45) is 0.764. The van der Waals surface area contributed by atoms with Crippen molar-refractivity contribution < 1.29 is 18.3 Å². The Morgan fingerprint density at radius 2 is 2.03 bits per heavy atom. The standard InChI is InChI=1S/C20H28F2N4O2S/c1-20(2,3)16-12-29-17(26-16)8-9-24-19(23-4)25-11-13-10-14(27-5)6-7-15(13)28-18(21)22/h6-7,10,12,18H,8-9,11H2,1-5H3,(H2,23,24,25). The van der Waals surface area contributed by atoms with Gasteiger partial charge in [0.15, 0.2) is 5.96 Å². The number of guanidine groups is 1. The molecule has 0 atom stereocenters. The van der Waals surface area contributed by atoms with Gasteiger partial charge in [-0.25, -0.2) is 4.98 Å². The van der Waals surface area contributed by atoms with Crippen molar-refractivity contribution in [3.8, 4) is 11.5 Å². The van der Waals surface area contributed by atoms with E-state index < -0.39 is 6.61 Å². The van der Waals surface area contributed by atoms with Crippen molar-refractivity contribution in [1.29, 1.82) is 0 Å². The van der Waals surface area contributed by atoms with Crippen molar-refractivity contribution in [1.82, 2.24) is 15.6 Å². The Balaban J connectivity index is 1.91. The number of benzene rings is 1. The Morgan fingerprint density at radius 3 is 2.62 bits per heavy atom. The zero-order valence-electron chi connectivity index (χ0n) is 17.4. The highest BCUT2D eigenvalue weighted by Crippen LogP contribution is 2.26. The third-order valence-corrected chi connectivity index (χ3v) is 5.01. The van der Waals surface area contributed by atoms with E-state index in [0.717, 1.165) is 17.1 Å². The molecule has 0 unspecified atom stereocenters. The third kappa shape index (κ3) is 7.16. The summed E-state index contributed by atoms with van der Waals surface area (Å²) in [4.78, 5) is 8.84. The lowest BCUT2D eigenvalue weighted by Crippen LogP contribution is -2.38. The molecule has 0 radical (unpaired) electrons. The molecule has 2 aromatic rings. The second-order valence-electron chi connectivity index (χ2n) is 7.33. The van der Waals surface area contributed by atoms with E-state index in [1.54, 1.807) is 30.5 Å². The van der Waals surface area contributed by atoms with E-state index in [9.17, 15) is 8.78 Å². The first-order valence-corrected chi connectivity index (χ1v) is 10.1. The van der Waals surface area contributed by atoms with Gasteiger partial charge in [-0.3, -0.25) is 4.99 Å². The summed E-state index contributed by atoms with van der Waals surface area (Å²) < 4.78 is 35.0. The summed E-state index contributed by atoms with van der Waals surface area (Å²) in [5.41, 5.74) is 1.67. The number of methoxy groups -OCH3 is 1. The normalized spacial score (nSPS) is 12.2. The fraction of sp³-hybridized carbons (Fsp3) is 0.500. The Labute approximate surface area is 174 Å². The molecular formula is C20H28F2N4O2S. The van der Waals surface area contributed by atoms with Gasteiger partial charge in [0.05, 0.1) is 17.8 Å². The fourth-order valence-electron chi connectivity index (χ4n) is 2.49. The molecule has 1 aromatic carbocycles. The maximum atomic E-state index is 12.6. The molecule has 0 saturated heterocycles. The van der Waals surface area contributed by atoms with Crippen LogP contribution in [0.3, 0.4) is 0 Å². The van der Waals surface area contributed by atoms with Crippen LogP contribution in [0.2, 0.25) is 0 Å². The first kappa shape index (κ1) is 22.9. The molecule has 6 nitrogen and oxygen atoms in total. The van der Waals surface area contributed by atoms with Gasteiger partial charge in [-0.15, -0.1) is 11.3 Å². The molecule has 0 amide bonds. The molecule has 0 aliphatic heterocycles. The summed E-state index contributed by atoms with van der Waals surface area (Å²) in [6.45, 7) is 4.43. The molecule has 160 valence electrons. The van der Waals surface area contributed by atoms with Gasteiger partial charge in [0.25, 0.3) is 0 Å². The van der Waals surface area contributed by atoms with Gasteiger partial charge in [-0.1, -0.05) is 20.8 Å². The quantitative estimate of drug-likeness (QED) is 0.494. The van der Waals surface area contributed by atoms with Gasteiger partial charge in [0.1, 0.15) is 11.5 Å². The van der Waals surface area contributed by atoms with Gasteiger partial charge in [0, 0.05) is 42.9 Å². The monoisotopic (exact) mass is 426 g/mol. The number of thiazole rings is 1. The maximum absolute atomic E-state index is 12.6. The number of aromatic nitrogens is 1. The minimum atomic E-state index is -2.89. The predicted molar refractivity (Wildman–Crippen MR) is 112 cm³/mol. The van der Waals surface area contributed by atoms with E-state index in [2.05, 4.69) is 51.5 Å². The highest BCUT2D eigenvalue weighted by Gasteiger charge is 2.17. The summed E-state index contributed by atoms with van der Waals surface area (Å²) >= 11 is 1.64. The van der Waals surface area contributed by atoms with Crippen LogP contribution < -0.4 is 20.1 Å². The average molecular weight is 427 g/mol. The van der Waals surface area contributed by atoms with Gasteiger partial charge >= 0.3 is 6.61 Å². The van der Waals surface area contributed by atoms with Gasteiger partial charge in [-0.2, -0.15) is 8.78 Å². The molecule has 2 N–H and O–H groups in total. The SMILES string of the molecule is CN=C(NCCc1nc(C(C)(C)C)cs1)NCc1cc(OC)ccc1OC(F)F.